The molecule has 2 N–H and O–H groups in total. The predicted molar refractivity (Wildman–Crippen MR) is 94.4 cm³/mol. The van der Waals surface area contributed by atoms with Crippen molar-refractivity contribution >= 4 is 11.6 Å². The minimum atomic E-state index is -0.938. The lowest BCUT2D eigenvalue weighted by Gasteiger charge is -2.33. The van der Waals surface area contributed by atoms with E-state index in [1.165, 1.54) is 5.69 Å². The maximum absolute atomic E-state index is 13.9. The molecule has 3 fully saturated rings. The van der Waals surface area contributed by atoms with Crippen molar-refractivity contribution in [2.45, 2.75) is 37.5 Å². The zero-order valence-corrected chi connectivity index (χ0v) is 14.6. The lowest BCUT2D eigenvalue weighted by molar-refractivity contribution is -0.123. The fourth-order valence-electron chi connectivity index (χ4n) is 5.12. The van der Waals surface area contributed by atoms with Crippen molar-refractivity contribution in [3.05, 3.63) is 24.3 Å². The zero-order valence-electron chi connectivity index (χ0n) is 14.6. The number of rotatable bonds is 4. The van der Waals surface area contributed by atoms with E-state index >= 15 is 0 Å². The highest BCUT2D eigenvalue weighted by atomic mass is 19.1. The molecule has 0 radical (unpaired) electrons. The van der Waals surface area contributed by atoms with Gasteiger partial charge in [0.25, 0.3) is 0 Å². The number of methoxy groups -OCH3 is 1. The molecule has 0 spiro atoms. The smallest absolute Gasteiger partial charge is 0.234 e. The van der Waals surface area contributed by atoms with Crippen molar-refractivity contribution in [2.24, 2.45) is 17.6 Å². The number of hydrogen-bond donors (Lipinski definition) is 1. The Kier molecular flexibility index (Phi) is 4.31. The Hall–Kier alpha value is -1.82. The molecule has 0 bridgehead atoms. The van der Waals surface area contributed by atoms with Gasteiger partial charge in [0.15, 0.2) is 0 Å². The van der Waals surface area contributed by atoms with Crippen LogP contribution < -0.4 is 15.4 Å². The fourth-order valence-corrected chi connectivity index (χ4v) is 5.12. The maximum Gasteiger partial charge on any atom is 0.234 e. The molecule has 1 saturated carbocycles. The Balaban J connectivity index is 1.50. The molecule has 3 aliphatic rings. The van der Waals surface area contributed by atoms with Gasteiger partial charge in [0.1, 0.15) is 11.9 Å². The van der Waals surface area contributed by atoms with Crippen molar-refractivity contribution in [2.75, 3.05) is 31.6 Å². The number of anilines is 1. The average molecular weight is 347 g/mol. The summed E-state index contributed by atoms with van der Waals surface area (Å²) >= 11 is 0. The van der Waals surface area contributed by atoms with Crippen LogP contribution in [0.5, 0.6) is 5.75 Å². The number of hydrogen-bond acceptors (Lipinski definition) is 4. The Morgan fingerprint density at radius 2 is 2.12 bits per heavy atom. The molecule has 25 heavy (non-hydrogen) atoms. The molecular formula is C19H26FN3O2. The molecule has 136 valence electrons. The molecule has 2 aliphatic heterocycles. The van der Waals surface area contributed by atoms with Crippen molar-refractivity contribution in [3.63, 3.8) is 0 Å². The van der Waals surface area contributed by atoms with Gasteiger partial charge in [0, 0.05) is 43.9 Å². The highest BCUT2D eigenvalue weighted by Gasteiger charge is 2.49. The molecule has 6 heteroatoms. The summed E-state index contributed by atoms with van der Waals surface area (Å²) in [5, 5.41) is 0. The third-order valence-electron chi connectivity index (χ3n) is 6.28. The molecule has 1 amide bonds. The Bertz CT molecular complexity index is 655. The largest absolute Gasteiger partial charge is 0.497 e. The third-order valence-corrected chi connectivity index (χ3v) is 6.28. The summed E-state index contributed by atoms with van der Waals surface area (Å²) in [5.41, 5.74) is 6.70. The first kappa shape index (κ1) is 16.6. The second-order valence-electron chi connectivity index (χ2n) is 7.62. The first-order valence-corrected chi connectivity index (χ1v) is 9.15. The van der Waals surface area contributed by atoms with Gasteiger partial charge in [-0.3, -0.25) is 9.69 Å². The van der Waals surface area contributed by atoms with Crippen LogP contribution in [0.3, 0.4) is 0 Å². The van der Waals surface area contributed by atoms with E-state index < -0.39 is 12.2 Å². The summed E-state index contributed by atoms with van der Waals surface area (Å²) in [6.07, 6.45) is 1.49. The molecule has 0 aromatic heterocycles. The van der Waals surface area contributed by atoms with E-state index in [2.05, 4.69) is 21.9 Å². The van der Waals surface area contributed by atoms with Gasteiger partial charge in [0.2, 0.25) is 5.91 Å². The number of benzene rings is 1. The van der Waals surface area contributed by atoms with Gasteiger partial charge in [-0.25, -0.2) is 4.39 Å². The monoisotopic (exact) mass is 347 g/mol. The van der Waals surface area contributed by atoms with Gasteiger partial charge in [-0.15, -0.1) is 0 Å². The summed E-state index contributed by atoms with van der Waals surface area (Å²) < 4.78 is 19.3. The fraction of sp³-hybridized carbons (Fsp3) is 0.632. The number of likely N-dealkylation sites (tertiary alicyclic amines) is 1. The zero-order chi connectivity index (χ0) is 17.6. The first-order chi connectivity index (χ1) is 12.1. The number of fused-ring (bicyclic) bond motifs is 1. The maximum atomic E-state index is 13.9. The van der Waals surface area contributed by atoms with Gasteiger partial charge >= 0.3 is 0 Å². The molecule has 5 nitrogen and oxygen atoms in total. The van der Waals surface area contributed by atoms with Crippen molar-refractivity contribution in [1.29, 1.82) is 0 Å². The van der Waals surface area contributed by atoms with Crippen LogP contribution in [0.2, 0.25) is 0 Å². The Morgan fingerprint density at radius 1 is 1.28 bits per heavy atom. The lowest BCUT2D eigenvalue weighted by Crippen LogP contribution is -2.48. The van der Waals surface area contributed by atoms with E-state index in [1.54, 1.807) is 7.11 Å². The van der Waals surface area contributed by atoms with Crippen molar-refractivity contribution < 1.29 is 13.9 Å². The minimum absolute atomic E-state index is 0.253. The van der Waals surface area contributed by atoms with Gasteiger partial charge in [-0.05, 0) is 36.8 Å². The number of nitrogens with two attached hydrogens (primary N) is 1. The van der Waals surface area contributed by atoms with Crippen molar-refractivity contribution in [1.82, 2.24) is 4.90 Å². The summed E-state index contributed by atoms with van der Waals surface area (Å²) in [6.45, 7) is 2.31. The van der Waals surface area contributed by atoms with E-state index in [0.29, 0.717) is 18.4 Å². The Morgan fingerprint density at radius 3 is 2.88 bits per heavy atom. The van der Waals surface area contributed by atoms with Crippen LogP contribution in [0.15, 0.2) is 24.3 Å². The average Bonchev–Trinajstić information content (AvgIpc) is 3.28. The first-order valence-electron chi connectivity index (χ1n) is 9.15. The van der Waals surface area contributed by atoms with E-state index in [9.17, 15) is 9.18 Å². The summed E-state index contributed by atoms with van der Waals surface area (Å²) in [7, 11) is 1.68. The summed E-state index contributed by atoms with van der Waals surface area (Å²) in [6, 6.07) is 7.96. The molecule has 4 rings (SSSR count). The number of primary amides is 1. The van der Waals surface area contributed by atoms with Gasteiger partial charge < -0.3 is 15.4 Å². The molecule has 1 aromatic rings. The van der Waals surface area contributed by atoms with Crippen LogP contribution >= 0.6 is 0 Å². The third kappa shape index (κ3) is 2.97. The second-order valence-corrected chi connectivity index (χ2v) is 7.62. The molecule has 1 aliphatic carbocycles. The van der Waals surface area contributed by atoms with Gasteiger partial charge in [-0.2, -0.15) is 0 Å². The Labute approximate surface area is 147 Å². The number of halogens is 1. The second kappa shape index (κ2) is 6.48. The minimum Gasteiger partial charge on any atom is -0.497 e. The molecule has 1 aromatic carbocycles. The molecule has 2 saturated heterocycles. The number of alkyl halides is 1. The van der Waals surface area contributed by atoms with Crippen LogP contribution in [0.25, 0.3) is 0 Å². The topological polar surface area (TPSA) is 58.8 Å². The highest BCUT2D eigenvalue weighted by molar-refractivity contribution is 5.80. The summed E-state index contributed by atoms with van der Waals surface area (Å²) in [5.74, 6) is 1.55. The number of nitrogens with zero attached hydrogens (tertiary/aromatic N) is 2. The predicted octanol–water partition coefficient (Wildman–Crippen LogP) is 1.81. The number of carbonyl (C=O) groups is 1. The highest BCUT2D eigenvalue weighted by Crippen LogP contribution is 2.44. The quantitative estimate of drug-likeness (QED) is 0.902. The van der Waals surface area contributed by atoms with Crippen LogP contribution in [-0.2, 0) is 4.79 Å². The normalized spacial score (nSPS) is 35.1. The molecule has 5 atom stereocenters. The number of ether oxygens (including phenoxy) is 1. The van der Waals surface area contributed by atoms with Crippen LogP contribution in [0.1, 0.15) is 19.3 Å². The molecular weight excluding hydrogens is 321 g/mol. The van der Waals surface area contributed by atoms with Crippen LogP contribution in [-0.4, -0.2) is 55.8 Å². The SMILES string of the molecule is COc1cccc(N2C[C@H]3CC[C@H](N4C[C@H](F)C[C@H]4C(N)=O)[C@H]3C2)c1. The number of carbonyl (C=O) groups excluding carboxylic acids is 1. The van der Waals surface area contributed by atoms with E-state index in [4.69, 9.17) is 10.5 Å². The van der Waals surface area contributed by atoms with E-state index in [1.807, 2.05) is 12.1 Å². The lowest BCUT2D eigenvalue weighted by atomic mass is 9.96. The standard InChI is InChI=1S/C19H26FN3O2/c1-25-15-4-2-3-14(8-15)22-9-12-5-6-17(16(12)11-22)23-10-13(20)7-18(23)19(21)24/h2-4,8,12-13,16-18H,5-7,9-11H2,1H3,(H2,21,24)/t12-,13-,16+,17+,18+/m1/s1. The van der Waals surface area contributed by atoms with E-state index in [-0.39, 0.29) is 18.4 Å². The molecule has 0 unspecified atom stereocenters. The number of amides is 1. The van der Waals surface area contributed by atoms with Gasteiger partial charge in [0.05, 0.1) is 13.2 Å². The van der Waals surface area contributed by atoms with Gasteiger partial charge in [-0.1, -0.05) is 6.07 Å². The molecule has 2 heterocycles. The van der Waals surface area contributed by atoms with Crippen molar-refractivity contribution in [3.8, 4) is 5.75 Å². The van der Waals surface area contributed by atoms with E-state index in [0.717, 1.165) is 31.7 Å². The van der Waals surface area contributed by atoms with Crippen LogP contribution in [0, 0.1) is 11.8 Å². The summed E-state index contributed by atoms with van der Waals surface area (Å²) in [4.78, 5) is 16.2. The van der Waals surface area contributed by atoms with Crippen LogP contribution in [0.4, 0.5) is 10.1 Å².